The molecule has 4 nitrogen and oxygen atoms in total. The molecule has 262 valence electrons. The molecule has 0 N–H and O–H groups in total. The van der Waals surface area contributed by atoms with Crippen LogP contribution in [-0.2, 0) is 0 Å². The summed E-state index contributed by atoms with van der Waals surface area (Å²) in [7, 11) is 0. The minimum Gasteiger partial charge on any atom is -0.456 e. The Balaban J connectivity index is 1.12. The molecule has 0 unspecified atom stereocenters. The Labute approximate surface area is 324 Å². The molecule has 2 aromatic heterocycles. The van der Waals surface area contributed by atoms with Gasteiger partial charge in [0.25, 0.3) is 0 Å². The van der Waals surface area contributed by atoms with E-state index in [2.05, 4.69) is 107 Å². The number of benzene rings is 10. The van der Waals surface area contributed by atoms with Gasteiger partial charge in [-0.2, -0.15) is 0 Å². The maximum atomic E-state index is 9.53. The predicted molar refractivity (Wildman–Crippen MR) is 234 cm³/mol. The Morgan fingerprint density at radius 3 is 1.20 bits per heavy atom. The lowest BCUT2D eigenvalue weighted by Crippen LogP contribution is -2.11. The fourth-order valence-electron chi connectivity index (χ4n) is 8.69. The summed E-state index contributed by atoms with van der Waals surface area (Å²) >= 11 is 0. The van der Waals surface area contributed by atoms with Crippen molar-refractivity contribution in [2.75, 3.05) is 9.80 Å². The molecule has 0 spiro atoms. The van der Waals surface area contributed by atoms with Crippen molar-refractivity contribution in [2.45, 2.75) is 0 Å². The zero-order valence-corrected chi connectivity index (χ0v) is 30.0. The van der Waals surface area contributed by atoms with Gasteiger partial charge in [-0.3, -0.25) is 0 Å². The van der Waals surface area contributed by atoms with Crippen LogP contribution in [0, 0.1) is 0 Å². The van der Waals surface area contributed by atoms with Gasteiger partial charge < -0.3 is 18.6 Å². The molecule has 0 bridgehead atoms. The molecular weight excluding hydrogens is 685 g/mol. The highest BCUT2D eigenvalue weighted by Gasteiger charge is 2.23. The molecule has 0 aliphatic rings. The van der Waals surface area contributed by atoms with Gasteiger partial charge in [-0.1, -0.05) is 109 Å². The van der Waals surface area contributed by atoms with E-state index in [1.807, 2.05) is 84.9 Å². The Morgan fingerprint density at radius 2 is 0.732 bits per heavy atom. The second-order valence-electron chi connectivity index (χ2n) is 14.3. The van der Waals surface area contributed by atoms with E-state index >= 15 is 0 Å². The fourth-order valence-corrected chi connectivity index (χ4v) is 8.69. The molecule has 0 aliphatic heterocycles. The number of para-hydroxylation sites is 4. The molecule has 0 saturated carbocycles. The number of hydrogen-bond acceptors (Lipinski definition) is 4. The van der Waals surface area contributed by atoms with Crippen LogP contribution >= 0.6 is 0 Å². The fraction of sp³-hybridized carbons (Fsp3) is 0. The van der Waals surface area contributed by atoms with Gasteiger partial charge in [0.05, 0.1) is 14.1 Å². The Kier molecular flexibility index (Phi) is 6.17. The minimum absolute atomic E-state index is 0.422. The standard InChI is InChI=1S/C52H32N2O2/c1-3-11-35(12-4-1)53(37-23-27-41-39-15-7-9-17-47(39)55-49(41)31-37)45-29-21-33-20-26-44-46(30-22-34-19-25-43(45)51(33)52(34)44)54(36-13-5-2-6-14-36)38-24-28-42-40-16-8-10-18-48(40)56-50(42)32-38/h1-32H/i19D,20D. The molecule has 56 heavy (non-hydrogen) atoms. The molecule has 4 heteroatoms. The van der Waals surface area contributed by atoms with Gasteiger partial charge in [0, 0.05) is 67.2 Å². The largest absolute Gasteiger partial charge is 0.456 e. The maximum Gasteiger partial charge on any atom is 0.137 e. The third-order valence-electron chi connectivity index (χ3n) is 11.2. The first-order chi connectivity index (χ1) is 28.6. The number of hydrogen-bond donors (Lipinski definition) is 0. The summed E-state index contributed by atoms with van der Waals surface area (Å²) in [5.74, 6) is 0. The van der Waals surface area contributed by atoms with Gasteiger partial charge in [-0.25, -0.2) is 0 Å². The Morgan fingerprint density at radius 1 is 0.321 bits per heavy atom. The van der Waals surface area contributed by atoms with E-state index in [0.717, 1.165) is 110 Å². The van der Waals surface area contributed by atoms with Gasteiger partial charge in [-0.15, -0.1) is 0 Å². The summed E-state index contributed by atoms with van der Waals surface area (Å²) in [5.41, 5.74) is 8.95. The summed E-state index contributed by atoms with van der Waals surface area (Å²) in [6.07, 6.45) is 0. The molecule has 12 aromatic rings. The van der Waals surface area contributed by atoms with Crippen LogP contribution in [0.1, 0.15) is 2.74 Å². The Bertz CT molecular complexity index is 3320. The number of fused-ring (bicyclic) bond motifs is 6. The van der Waals surface area contributed by atoms with Gasteiger partial charge in [0.2, 0.25) is 0 Å². The number of nitrogens with zero attached hydrogens (tertiary/aromatic N) is 2. The van der Waals surface area contributed by atoms with Crippen molar-refractivity contribution in [1.29, 1.82) is 0 Å². The topological polar surface area (TPSA) is 32.8 Å². The van der Waals surface area contributed by atoms with Crippen molar-refractivity contribution in [3.63, 3.8) is 0 Å². The van der Waals surface area contributed by atoms with Crippen molar-refractivity contribution in [1.82, 2.24) is 0 Å². The highest BCUT2D eigenvalue weighted by molar-refractivity contribution is 6.28. The van der Waals surface area contributed by atoms with Gasteiger partial charge in [0.15, 0.2) is 0 Å². The van der Waals surface area contributed by atoms with E-state index in [4.69, 9.17) is 8.83 Å². The SMILES string of the molecule is [2H]c1cc2c(N(c3ccccc3)c3ccc4c(c3)oc3ccccc34)ccc3c([2H])cc4c(N(c5ccccc5)c5ccc6c(c5)oc5ccccc56)ccc1c4c32. The molecule has 0 aliphatic carbocycles. The molecular formula is C52H32N2O2. The second-order valence-corrected chi connectivity index (χ2v) is 14.3. The highest BCUT2D eigenvalue weighted by Crippen LogP contribution is 2.48. The molecule has 10 aromatic carbocycles. The molecule has 12 rings (SSSR count). The first-order valence-electron chi connectivity index (χ1n) is 19.8. The van der Waals surface area contributed by atoms with E-state index in [1.54, 1.807) is 0 Å². The highest BCUT2D eigenvalue weighted by atomic mass is 16.3. The number of anilines is 6. The molecule has 0 saturated heterocycles. The van der Waals surface area contributed by atoms with Crippen molar-refractivity contribution < 1.29 is 11.6 Å². The zero-order chi connectivity index (χ0) is 38.5. The quantitative estimate of drug-likeness (QED) is 0.160. The van der Waals surface area contributed by atoms with E-state index in [1.165, 1.54) is 0 Å². The van der Waals surface area contributed by atoms with Crippen LogP contribution in [0.4, 0.5) is 34.1 Å². The van der Waals surface area contributed by atoms with Crippen LogP contribution in [0.15, 0.2) is 203 Å². The molecule has 0 atom stereocenters. The van der Waals surface area contributed by atoms with Crippen LogP contribution < -0.4 is 9.80 Å². The normalized spacial score (nSPS) is 12.4. The van der Waals surface area contributed by atoms with Crippen molar-refractivity contribution in [2.24, 2.45) is 0 Å². The summed E-state index contributed by atoms with van der Waals surface area (Å²) in [5, 5.41) is 9.67. The summed E-state index contributed by atoms with van der Waals surface area (Å²) in [6, 6.07) is 62.7. The summed E-state index contributed by atoms with van der Waals surface area (Å²) < 4.78 is 31.8. The Hall–Kier alpha value is -7.56. The minimum atomic E-state index is 0.422. The van der Waals surface area contributed by atoms with Crippen LogP contribution in [0.2, 0.25) is 0 Å². The lowest BCUT2D eigenvalue weighted by Gasteiger charge is -2.29. The van der Waals surface area contributed by atoms with Gasteiger partial charge >= 0.3 is 0 Å². The van der Waals surface area contributed by atoms with E-state index in [0.29, 0.717) is 12.1 Å². The van der Waals surface area contributed by atoms with Crippen molar-refractivity contribution in [3.8, 4) is 0 Å². The van der Waals surface area contributed by atoms with Gasteiger partial charge in [0.1, 0.15) is 22.3 Å². The third-order valence-corrected chi connectivity index (χ3v) is 11.2. The van der Waals surface area contributed by atoms with Crippen LogP contribution in [0.3, 0.4) is 0 Å². The van der Waals surface area contributed by atoms with E-state index in [9.17, 15) is 2.74 Å². The average molecular weight is 719 g/mol. The smallest absolute Gasteiger partial charge is 0.137 e. The molecule has 2 heterocycles. The third kappa shape index (κ3) is 4.60. The molecule has 0 radical (unpaired) electrons. The summed E-state index contributed by atoms with van der Waals surface area (Å²) in [6.45, 7) is 0. The van der Waals surface area contributed by atoms with Crippen LogP contribution in [-0.4, -0.2) is 0 Å². The summed E-state index contributed by atoms with van der Waals surface area (Å²) in [4.78, 5) is 4.47. The average Bonchev–Trinajstić information content (AvgIpc) is 3.83. The van der Waals surface area contributed by atoms with Crippen LogP contribution in [0.5, 0.6) is 0 Å². The van der Waals surface area contributed by atoms with Gasteiger partial charge in [-0.05, 0) is 94.3 Å². The van der Waals surface area contributed by atoms with E-state index < -0.39 is 0 Å². The molecule has 0 amide bonds. The maximum absolute atomic E-state index is 9.53. The number of rotatable bonds is 6. The first kappa shape index (κ1) is 28.9. The lowest BCUT2D eigenvalue weighted by atomic mass is 9.91. The van der Waals surface area contributed by atoms with Crippen molar-refractivity contribution >= 4 is 110 Å². The van der Waals surface area contributed by atoms with Crippen molar-refractivity contribution in [3.05, 3.63) is 194 Å². The predicted octanol–water partition coefficient (Wildman–Crippen LogP) is 15.3. The van der Waals surface area contributed by atoms with E-state index in [-0.39, 0.29) is 0 Å². The first-order valence-corrected chi connectivity index (χ1v) is 18.8. The molecule has 0 fully saturated rings. The number of furan rings is 2. The lowest BCUT2D eigenvalue weighted by molar-refractivity contribution is 0.668. The monoisotopic (exact) mass is 718 g/mol. The zero-order valence-electron chi connectivity index (χ0n) is 32.0. The second kappa shape index (κ2) is 12.0. The van der Waals surface area contributed by atoms with Crippen LogP contribution in [0.25, 0.3) is 76.2 Å².